The van der Waals surface area contributed by atoms with Gasteiger partial charge < -0.3 is 4.57 Å². The zero-order valence-electron chi connectivity index (χ0n) is 21.4. The van der Waals surface area contributed by atoms with E-state index in [1.807, 2.05) is 0 Å². The largest absolute Gasteiger partial charge is 0.416 e. The molecule has 0 saturated carbocycles. The average molecular weight is 581 g/mol. The van der Waals surface area contributed by atoms with Crippen LogP contribution < -0.4 is 15.9 Å². The first-order valence-electron chi connectivity index (χ1n) is 12.6. The molecule has 8 heteroatoms. The zero-order valence-corrected chi connectivity index (χ0v) is 22.3. The molecule has 0 aliphatic heterocycles. The summed E-state index contributed by atoms with van der Waals surface area (Å²) in [6.07, 6.45) is -9.12. The third-order valence-corrected chi connectivity index (χ3v) is 10.1. The van der Waals surface area contributed by atoms with E-state index in [2.05, 4.69) is 0 Å². The fourth-order valence-corrected chi connectivity index (χ4v) is 7.90. The molecule has 1 nitrogen and oxygen atoms in total. The Bertz CT molecular complexity index is 1560. The Hall–Kier alpha value is -4.09. The monoisotopic (exact) mass is 580 g/mol. The van der Waals surface area contributed by atoms with E-state index in [-0.39, 0.29) is 0 Å². The van der Waals surface area contributed by atoms with Crippen LogP contribution in [0, 0.1) is 0 Å². The van der Waals surface area contributed by atoms with Gasteiger partial charge in [0, 0.05) is 21.8 Å². The van der Waals surface area contributed by atoms with Crippen molar-refractivity contribution in [3.8, 4) is 0 Å². The fourth-order valence-electron chi connectivity index (χ4n) is 5.00. The first kappa shape index (κ1) is 28.4. The van der Waals surface area contributed by atoms with Crippen LogP contribution in [0.1, 0.15) is 33.7 Å². The lowest BCUT2D eigenvalue weighted by Crippen LogP contribution is -2.28. The van der Waals surface area contributed by atoms with Crippen molar-refractivity contribution in [3.63, 3.8) is 0 Å². The quantitative estimate of drug-likeness (QED) is 0.112. The van der Waals surface area contributed by atoms with Crippen LogP contribution in [0.3, 0.4) is 0 Å². The maximum Gasteiger partial charge on any atom is 0.416 e. The van der Waals surface area contributed by atoms with Crippen molar-refractivity contribution in [2.24, 2.45) is 0 Å². The summed E-state index contributed by atoms with van der Waals surface area (Å²) < 4.78 is 95.5. The molecule has 0 atom stereocenters. The summed E-state index contributed by atoms with van der Waals surface area (Å²) in [6.45, 7) is 0. The number of hydrogen-bond acceptors (Lipinski definition) is 1. The minimum Gasteiger partial charge on any atom is -0.309 e. The molecule has 0 aliphatic rings. The smallest absolute Gasteiger partial charge is 0.309 e. The normalized spacial score (nSPS) is 12.5. The van der Waals surface area contributed by atoms with Gasteiger partial charge in [-0.3, -0.25) is 0 Å². The second-order valence-corrected chi connectivity index (χ2v) is 12.2. The predicted octanol–water partition coefficient (Wildman–Crippen LogP) is 8.54. The van der Waals surface area contributed by atoms with Crippen LogP contribution in [-0.2, 0) is 16.9 Å². The Kier molecular flexibility index (Phi) is 7.67. The molecule has 0 aromatic heterocycles. The van der Waals surface area contributed by atoms with Gasteiger partial charge in [-0.05, 0) is 41.0 Å². The molecular formula is C33H23F6OP. The SMILES string of the molecule is O=P(c1ccccc1)(c1ccccc1)c1ccccc1C(c1ccc(C(F)(F)F)cc1)c1ccc(C(F)(F)F)cc1. The molecule has 0 radical (unpaired) electrons. The molecule has 0 amide bonds. The molecule has 41 heavy (non-hydrogen) atoms. The van der Waals surface area contributed by atoms with E-state index < -0.39 is 36.5 Å². The van der Waals surface area contributed by atoms with Crippen LogP contribution in [0.2, 0.25) is 0 Å². The second kappa shape index (κ2) is 11.1. The lowest BCUT2D eigenvalue weighted by atomic mass is 9.84. The van der Waals surface area contributed by atoms with Gasteiger partial charge in [-0.1, -0.05) is 109 Å². The van der Waals surface area contributed by atoms with Gasteiger partial charge in [0.05, 0.1) is 11.1 Å². The van der Waals surface area contributed by atoms with Gasteiger partial charge in [-0.2, -0.15) is 26.3 Å². The highest BCUT2D eigenvalue weighted by Gasteiger charge is 2.36. The van der Waals surface area contributed by atoms with Crippen molar-refractivity contribution < 1.29 is 30.9 Å². The molecule has 0 bridgehead atoms. The molecule has 0 saturated heterocycles. The van der Waals surface area contributed by atoms with E-state index >= 15 is 4.57 Å². The van der Waals surface area contributed by atoms with Crippen LogP contribution >= 0.6 is 7.14 Å². The van der Waals surface area contributed by atoms with Crippen LogP contribution in [0.15, 0.2) is 133 Å². The van der Waals surface area contributed by atoms with E-state index in [1.165, 1.54) is 24.3 Å². The van der Waals surface area contributed by atoms with E-state index in [4.69, 9.17) is 0 Å². The number of alkyl halides is 6. The van der Waals surface area contributed by atoms with Crippen LogP contribution in [0.25, 0.3) is 0 Å². The first-order valence-corrected chi connectivity index (χ1v) is 14.4. The molecular weight excluding hydrogens is 557 g/mol. The van der Waals surface area contributed by atoms with Crippen LogP contribution in [0.4, 0.5) is 26.3 Å². The lowest BCUT2D eigenvalue weighted by Gasteiger charge is -2.27. The molecule has 0 aliphatic carbocycles. The van der Waals surface area contributed by atoms with Crippen LogP contribution in [0.5, 0.6) is 0 Å². The van der Waals surface area contributed by atoms with Gasteiger partial charge in [0.1, 0.15) is 0 Å². The second-order valence-electron chi connectivity index (χ2n) is 9.51. The molecule has 0 spiro atoms. The van der Waals surface area contributed by atoms with Crippen molar-refractivity contribution in [3.05, 3.63) is 161 Å². The minimum atomic E-state index is -4.56. The summed E-state index contributed by atoms with van der Waals surface area (Å²) in [6, 6.07) is 33.7. The molecule has 208 valence electrons. The summed E-state index contributed by atoms with van der Waals surface area (Å²) in [5.74, 6) is -0.809. The summed E-state index contributed by atoms with van der Waals surface area (Å²) in [4.78, 5) is 0. The molecule has 5 aromatic carbocycles. The number of hydrogen-bond donors (Lipinski definition) is 0. The van der Waals surface area contributed by atoms with Gasteiger partial charge >= 0.3 is 12.4 Å². The highest BCUT2D eigenvalue weighted by Crippen LogP contribution is 2.46. The van der Waals surface area contributed by atoms with Crippen molar-refractivity contribution in [1.82, 2.24) is 0 Å². The van der Waals surface area contributed by atoms with E-state index in [0.29, 0.717) is 32.6 Å². The predicted molar refractivity (Wildman–Crippen MR) is 150 cm³/mol. The standard InChI is InChI=1S/C33H23F6OP/c34-32(35,36)25-19-15-23(16-20-25)31(24-17-21-26(22-18-24)33(37,38)39)29-13-7-8-14-30(29)41(40,27-9-3-1-4-10-27)28-11-5-2-6-12-28/h1-22,31H. The van der Waals surface area contributed by atoms with Gasteiger partial charge in [0.2, 0.25) is 0 Å². The molecule has 5 aromatic rings. The van der Waals surface area contributed by atoms with E-state index in [9.17, 15) is 26.3 Å². The summed E-state index contributed by atoms with van der Waals surface area (Å²) in [5.41, 5.74) is -0.348. The Morgan fingerprint density at radius 2 is 0.829 bits per heavy atom. The first-order chi connectivity index (χ1) is 19.5. The summed E-state index contributed by atoms with van der Waals surface area (Å²) >= 11 is 0. The van der Waals surface area contributed by atoms with Crippen molar-refractivity contribution in [1.29, 1.82) is 0 Å². The fraction of sp³-hybridized carbons (Fsp3) is 0.0909. The number of benzene rings is 5. The maximum atomic E-state index is 15.3. The molecule has 0 heterocycles. The third kappa shape index (κ3) is 5.73. The van der Waals surface area contributed by atoms with Crippen molar-refractivity contribution in [2.75, 3.05) is 0 Å². The molecule has 0 fully saturated rings. The van der Waals surface area contributed by atoms with Crippen LogP contribution in [-0.4, -0.2) is 0 Å². The highest BCUT2D eigenvalue weighted by molar-refractivity contribution is 7.85. The average Bonchev–Trinajstić information content (AvgIpc) is 2.98. The van der Waals surface area contributed by atoms with Crippen molar-refractivity contribution in [2.45, 2.75) is 18.3 Å². The Morgan fingerprint density at radius 3 is 1.22 bits per heavy atom. The Morgan fingerprint density at radius 1 is 0.463 bits per heavy atom. The van der Waals surface area contributed by atoms with E-state index in [0.717, 1.165) is 24.3 Å². The topological polar surface area (TPSA) is 17.1 Å². The summed E-state index contributed by atoms with van der Waals surface area (Å²) in [5, 5.41) is 1.55. The van der Waals surface area contributed by atoms with Gasteiger partial charge in [0.15, 0.2) is 7.14 Å². The highest BCUT2D eigenvalue weighted by atomic mass is 31.2. The Labute approximate surface area is 233 Å². The minimum absolute atomic E-state index is 0.415. The van der Waals surface area contributed by atoms with Crippen molar-refractivity contribution >= 4 is 23.1 Å². The van der Waals surface area contributed by atoms with Gasteiger partial charge in [-0.25, -0.2) is 0 Å². The third-order valence-electron chi connectivity index (χ3n) is 6.97. The van der Waals surface area contributed by atoms with E-state index in [1.54, 1.807) is 84.9 Å². The maximum absolute atomic E-state index is 15.3. The van der Waals surface area contributed by atoms with Gasteiger partial charge in [-0.15, -0.1) is 0 Å². The van der Waals surface area contributed by atoms with Gasteiger partial charge in [0.25, 0.3) is 0 Å². The lowest BCUT2D eigenvalue weighted by molar-refractivity contribution is -0.138. The Balaban J connectivity index is 1.77. The molecule has 0 N–H and O–H groups in total. The molecule has 5 rings (SSSR count). The number of halogens is 6. The number of rotatable bonds is 6. The molecule has 0 unspecified atom stereocenters. The zero-order chi connectivity index (χ0) is 29.3. The summed E-state index contributed by atoms with van der Waals surface area (Å²) in [7, 11) is -3.54.